The van der Waals surface area contributed by atoms with Crippen molar-refractivity contribution in [2.75, 3.05) is 6.61 Å². The van der Waals surface area contributed by atoms with Gasteiger partial charge in [0.1, 0.15) is 5.75 Å². The SMILES string of the molecule is C=C(CC)CC(O)c1ccccc1OCC. The van der Waals surface area contributed by atoms with E-state index in [0.29, 0.717) is 13.0 Å². The van der Waals surface area contributed by atoms with Gasteiger partial charge in [0.25, 0.3) is 0 Å². The number of benzene rings is 1. The first-order valence-electron chi connectivity index (χ1n) is 5.75. The van der Waals surface area contributed by atoms with Crippen LogP contribution in [0.25, 0.3) is 0 Å². The van der Waals surface area contributed by atoms with Gasteiger partial charge in [-0.15, -0.1) is 0 Å². The van der Waals surface area contributed by atoms with Gasteiger partial charge in [-0.25, -0.2) is 0 Å². The van der Waals surface area contributed by atoms with E-state index in [-0.39, 0.29) is 0 Å². The molecule has 0 aliphatic rings. The monoisotopic (exact) mass is 220 g/mol. The first-order chi connectivity index (χ1) is 7.69. The fourth-order valence-corrected chi connectivity index (χ4v) is 1.57. The van der Waals surface area contributed by atoms with Crippen LogP contribution >= 0.6 is 0 Å². The first-order valence-corrected chi connectivity index (χ1v) is 5.75. The minimum absolute atomic E-state index is 0.518. The molecule has 0 fully saturated rings. The molecule has 2 heteroatoms. The predicted octanol–water partition coefficient (Wildman–Crippen LogP) is 3.48. The van der Waals surface area contributed by atoms with Gasteiger partial charge in [-0.2, -0.15) is 0 Å². The lowest BCUT2D eigenvalue weighted by Crippen LogP contribution is -2.03. The Balaban J connectivity index is 2.81. The molecule has 0 amide bonds. The standard InChI is InChI=1S/C14H20O2/c1-4-11(3)10-13(15)12-8-6-7-9-14(12)16-5-2/h6-9,13,15H,3-5,10H2,1-2H3. The molecule has 1 rings (SSSR count). The predicted molar refractivity (Wildman–Crippen MR) is 66.6 cm³/mol. The van der Waals surface area contributed by atoms with Crippen LogP contribution in [0.5, 0.6) is 5.75 Å². The molecule has 88 valence electrons. The Bertz CT molecular complexity index is 344. The van der Waals surface area contributed by atoms with Gasteiger partial charge in [-0.1, -0.05) is 37.3 Å². The van der Waals surface area contributed by atoms with Gasteiger partial charge in [-0.05, 0) is 25.8 Å². The van der Waals surface area contributed by atoms with Crippen LogP contribution in [0.1, 0.15) is 38.4 Å². The number of aliphatic hydroxyl groups excluding tert-OH is 1. The van der Waals surface area contributed by atoms with Crippen molar-refractivity contribution in [3.05, 3.63) is 42.0 Å². The topological polar surface area (TPSA) is 29.5 Å². The maximum atomic E-state index is 10.1. The lowest BCUT2D eigenvalue weighted by Gasteiger charge is -2.16. The highest BCUT2D eigenvalue weighted by atomic mass is 16.5. The van der Waals surface area contributed by atoms with E-state index in [2.05, 4.69) is 6.58 Å². The Hall–Kier alpha value is -1.28. The molecule has 0 spiro atoms. The smallest absolute Gasteiger partial charge is 0.125 e. The summed E-state index contributed by atoms with van der Waals surface area (Å²) >= 11 is 0. The molecular weight excluding hydrogens is 200 g/mol. The number of aliphatic hydroxyl groups is 1. The van der Waals surface area contributed by atoms with Crippen molar-refractivity contribution in [1.29, 1.82) is 0 Å². The zero-order valence-electron chi connectivity index (χ0n) is 10.1. The van der Waals surface area contributed by atoms with Gasteiger partial charge in [0.2, 0.25) is 0 Å². The summed E-state index contributed by atoms with van der Waals surface area (Å²) in [5.41, 5.74) is 1.90. The Morgan fingerprint density at radius 2 is 2.06 bits per heavy atom. The van der Waals surface area contributed by atoms with Gasteiger partial charge in [-0.3, -0.25) is 0 Å². The Morgan fingerprint density at radius 3 is 2.69 bits per heavy atom. The minimum Gasteiger partial charge on any atom is -0.493 e. The van der Waals surface area contributed by atoms with E-state index in [1.807, 2.05) is 38.1 Å². The van der Waals surface area contributed by atoms with E-state index in [1.54, 1.807) is 0 Å². The summed E-state index contributed by atoms with van der Waals surface area (Å²) in [5, 5.41) is 10.1. The summed E-state index contributed by atoms with van der Waals surface area (Å²) in [6.07, 6.45) is 0.976. The zero-order chi connectivity index (χ0) is 12.0. The van der Waals surface area contributed by atoms with E-state index in [0.717, 1.165) is 23.3 Å². The molecule has 1 N–H and O–H groups in total. The van der Waals surface area contributed by atoms with Gasteiger partial charge in [0, 0.05) is 5.56 Å². The molecular formula is C14H20O2. The van der Waals surface area contributed by atoms with E-state index in [1.165, 1.54) is 0 Å². The van der Waals surface area contributed by atoms with Crippen LogP contribution < -0.4 is 4.74 Å². The minimum atomic E-state index is -0.518. The van der Waals surface area contributed by atoms with E-state index >= 15 is 0 Å². The van der Waals surface area contributed by atoms with Crippen LogP contribution in [-0.4, -0.2) is 11.7 Å². The molecule has 0 aromatic heterocycles. The third kappa shape index (κ3) is 3.38. The second-order valence-corrected chi connectivity index (χ2v) is 3.79. The van der Waals surface area contributed by atoms with Crippen molar-refractivity contribution in [1.82, 2.24) is 0 Å². The van der Waals surface area contributed by atoms with Crippen molar-refractivity contribution in [2.24, 2.45) is 0 Å². The van der Waals surface area contributed by atoms with Crippen LogP contribution in [0.3, 0.4) is 0 Å². The molecule has 0 bridgehead atoms. The molecule has 1 aromatic rings. The van der Waals surface area contributed by atoms with Crippen LogP contribution in [-0.2, 0) is 0 Å². The summed E-state index contributed by atoms with van der Waals surface area (Å²) in [6, 6.07) is 7.61. The molecule has 1 unspecified atom stereocenters. The quantitative estimate of drug-likeness (QED) is 0.744. The summed E-state index contributed by atoms with van der Waals surface area (Å²) in [5.74, 6) is 0.765. The molecule has 0 saturated carbocycles. The van der Waals surface area contributed by atoms with Gasteiger partial charge >= 0.3 is 0 Å². The van der Waals surface area contributed by atoms with Crippen LogP contribution in [0.15, 0.2) is 36.4 Å². The molecule has 0 radical (unpaired) electrons. The molecule has 1 atom stereocenters. The molecule has 2 nitrogen and oxygen atoms in total. The average Bonchev–Trinajstić information content (AvgIpc) is 2.30. The van der Waals surface area contributed by atoms with E-state index in [4.69, 9.17) is 4.74 Å². The molecule has 16 heavy (non-hydrogen) atoms. The van der Waals surface area contributed by atoms with Crippen LogP contribution in [0, 0.1) is 0 Å². The fraction of sp³-hybridized carbons (Fsp3) is 0.429. The van der Waals surface area contributed by atoms with Crippen LogP contribution in [0.2, 0.25) is 0 Å². The summed E-state index contributed by atoms with van der Waals surface area (Å²) in [6.45, 7) is 8.51. The molecule has 0 aliphatic heterocycles. The maximum absolute atomic E-state index is 10.1. The zero-order valence-corrected chi connectivity index (χ0v) is 10.1. The molecule has 0 saturated heterocycles. The molecule has 1 aromatic carbocycles. The summed E-state index contributed by atoms with van der Waals surface area (Å²) in [4.78, 5) is 0. The maximum Gasteiger partial charge on any atom is 0.125 e. The van der Waals surface area contributed by atoms with Crippen molar-refractivity contribution < 1.29 is 9.84 Å². The third-order valence-corrected chi connectivity index (χ3v) is 2.56. The van der Waals surface area contributed by atoms with E-state index in [9.17, 15) is 5.11 Å². The summed E-state index contributed by atoms with van der Waals surface area (Å²) < 4.78 is 5.48. The Morgan fingerprint density at radius 1 is 1.38 bits per heavy atom. The van der Waals surface area contributed by atoms with Crippen molar-refractivity contribution in [3.63, 3.8) is 0 Å². The van der Waals surface area contributed by atoms with Crippen LogP contribution in [0.4, 0.5) is 0 Å². The number of para-hydroxylation sites is 1. The Labute approximate surface area is 97.6 Å². The fourth-order valence-electron chi connectivity index (χ4n) is 1.57. The number of ether oxygens (including phenoxy) is 1. The van der Waals surface area contributed by atoms with E-state index < -0.39 is 6.10 Å². The lowest BCUT2D eigenvalue weighted by molar-refractivity contribution is 0.171. The van der Waals surface area contributed by atoms with Crippen molar-refractivity contribution in [3.8, 4) is 5.75 Å². The highest BCUT2D eigenvalue weighted by molar-refractivity contribution is 5.35. The van der Waals surface area contributed by atoms with Crippen molar-refractivity contribution in [2.45, 2.75) is 32.8 Å². The van der Waals surface area contributed by atoms with Gasteiger partial charge in [0.15, 0.2) is 0 Å². The largest absolute Gasteiger partial charge is 0.493 e. The number of hydrogen-bond donors (Lipinski definition) is 1. The highest BCUT2D eigenvalue weighted by Gasteiger charge is 2.13. The average molecular weight is 220 g/mol. The van der Waals surface area contributed by atoms with Gasteiger partial charge < -0.3 is 9.84 Å². The number of hydrogen-bond acceptors (Lipinski definition) is 2. The second-order valence-electron chi connectivity index (χ2n) is 3.79. The normalized spacial score (nSPS) is 12.2. The molecule has 0 aliphatic carbocycles. The first kappa shape index (κ1) is 12.8. The second kappa shape index (κ2) is 6.33. The van der Waals surface area contributed by atoms with Gasteiger partial charge in [0.05, 0.1) is 12.7 Å². The Kier molecular flexibility index (Phi) is 5.06. The molecule has 0 heterocycles. The van der Waals surface area contributed by atoms with Crippen molar-refractivity contribution >= 4 is 0 Å². The number of rotatable bonds is 6. The highest BCUT2D eigenvalue weighted by Crippen LogP contribution is 2.29. The lowest BCUT2D eigenvalue weighted by atomic mass is 10.0. The third-order valence-electron chi connectivity index (χ3n) is 2.56. The summed E-state index contributed by atoms with van der Waals surface area (Å²) in [7, 11) is 0.